The molecule has 0 aliphatic carbocycles. The van der Waals surface area contributed by atoms with Crippen molar-refractivity contribution in [3.63, 3.8) is 0 Å². The predicted molar refractivity (Wildman–Crippen MR) is 77.9 cm³/mol. The van der Waals surface area contributed by atoms with Crippen LogP contribution in [-0.2, 0) is 0 Å². The first-order chi connectivity index (χ1) is 7.93. The van der Waals surface area contributed by atoms with Crippen LogP contribution in [0.2, 0.25) is 0 Å². The van der Waals surface area contributed by atoms with Crippen LogP contribution in [0.15, 0.2) is 18.6 Å². The molecular weight excluding hydrogens is 273 g/mol. The highest BCUT2D eigenvalue weighted by Crippen LogP contribution is 2.17. The van der Waals surface area contributed by atoms with Crippen LogP contribution in [0.3, 0.4) is 0 Å². The minimum Gasteiger partial charge on any atom is -0.368 e. The van der Waals surface area contributed by atoms with Crippen molar-refractivity contribution in [1.29, 1.82) is 0 Å². The average Bonchev–Trinajstić information content (AvgIpc) is 2.97. The molecule has 1 atom stereocenters. The van der Waals surface area contributed by atoms with Crippen molar-refractivity contribution < 1.29 is 0 Å². The van der Waals surface area contributed by atoms with Gasteiger partial charge in [0.15, 0.2) is 0 Å². The van der Waals surface area contributed by atoms with Gasteiger partial charge in [0.05, 0.1) is 5.39 Å². The van der Waals surface area contributed by atoms with Gasteiger partial charge in [0, 0.05) is 18.8 Å². The summed E-state index contributed by atoms with van der Waals surface area (Å²) in [6, 6.07) is 2.57. The Hall–Kier alpha value is -1.04. The quantitative estimate of drug-likeness (QED) is 0.808. The maximum absolute atomic E-state index is 4.27. The normalized spacial score (nSPS) is 18.1. The van der Waals surface area contributed by atoms with Crippen LogP contribution >= 0.6 is 24.8 Å². The predicted octanol–water partition coefficient (Wildman–Crippen LogP) is 1.97. The van der Waals surface area contributed by atoms with Crippen molar-refractivity contribution in [2.75, 3.05) is 18.4 Å². The molecule has 0 saturated carbocycles. The molecule has 5 nitrogen and oxygen atoms in total. The van der Waals surface area contributed by atoms with Gasteiger partial charge in [0.2, 0.25) is 0 Å². The monoisotopic (exact) mass is 289 g/mol. The van der Waals surface area contributed by atoms with E-state index in [9.17, 15) is 0 Å². The molecule has 0 spiro atoms. The number of rotatable bonds is 3. The Morgan fingerprint density at radius 1 is 1.33 bits per heavy atom. The molecule has 100 valence electrons. The van der Waals surface area contributed by atoms with E-state index in [4.69, 9.17) is 0 Å². The third-order valence-electron chi connectivity index (χ3n) is 3.03. The number of aromatic amines is 1. The maximum Gasteiger partial charge on any atom is 0.142 e. The fourth-order valence-electron chi connectivity index (χ4n) is 2.16. The van der Waals surface area contributed by atoms with E-state index in [0.29, 0.717) is 6.04 Å². The molecular formula is C11H17Cl2N5. The molecule has 1 fully saturated rings. The van der Waals surface area contributed by atoms with Gasteiger partial charge >= 0.3 is 0 Å². The molecule has 1 aliphatic rings. The molecule has 2 aromatic heterocycles. The lowest BCUT2D eigenvalue weighted by Crippen LogP contribution is -2.29. The number of nitrogens with one attached hydrogen (secondary N) is 3. The zero-order valence-electron chi connectivity index (χ0n) is 9.85. The van der Waals surface area contributed by atoms with Crippen molar-refractivity contribution in [3.05, 3.63) is 18.6 Å². The SMILES string of the molecule is Cl.Cl.c1nc(NC[C@@H]2CCCN2)c2cc[nH]c2n1. The molecule has 1 aliphatic heterocycles. The zero-order chi connectivity index (χ0) is 10.8. The van der Waals surface area contributed by atoms with E-state index in [1.54, 1.807) is 6.33 Å². The number of hydrogen-bond donors (Lipinski definition) is 3. The summed E-state index contributed by atoms with van der Waals surface area (Å²) in [6.45, 7) is 2.06. The molecule has 7 heteroatoms. The Bertz CT molecular complexity index is 481. The summed E-state index contributed by atoms with van der Waals surface area (Å²) >= 11 is 0. The topological polar surface area (TPSA) is 65.6 Å². The molecule has 0 amide bonds. The highest BCUT2D eigenvalue weighted by Gasteiger charge is 2.14. The van der Waals surface area contributed by atoms with Crippen LogP contribution in [0, 0.1) is 0 Å². The Morgan fingerprint density at radius 3 is 3.00 bits per heavy atom. The lowest BCUT2D eigenvalue weighted by Gasteiger charge is -2.12. The second-order valence-corrected chi connectivity index (χ2v) is 4.14. The number of halogens is 2. The van der Waals surface area contributed by atoms with Crippen LogP contribution in [0.1, 0.15) is 12.8 Å². The maximum atomic E-state index is 4.27. The Morgan fingerprint density at radius 2 is 2.22 bits per heavy atom. The second-order valence-electron chi connectivity index (χ2n) is 4.14. The van der Waals surface area contributed by atoms with Crippen molar-refractivity contribution in [2.45, 2.75) is 18.9 Å². The van der Waals surface area contributed by atoms with Gasteiger partial charge in [-0.15, -0.1) is 24.8 Å². The largest absolute Gasteiger partial charge is 0.368 e. The average molecular weight is 290 g/mol. The molecule has 0 bridgehead atoms. The molecule has 0 unspecified atom stereocenters. The Balaban J connectivity index is 0.000000810. The van der Waals surface area contributed by atoms with E-state index < -0.39 is 0 Å². The van der Waals surface area contributed by atoms with Gasteiger partial charge in [0.1, 0.15) is 17.8 Å². The lowest BCUT2D eigenvalue weighted by molar-refractivity contribution is 0.633. The lowest BCUT2D eigenvalue weighted by atomic mass is 10.2. The fraction of sp³-hybridized carbons (Fsp3) is 0.455. The molecule has 0 aromatic carbocycles. The second kappa shape index (κ2) is 6.78. The Kier molecular flexibility index (Phi) is 5.65. The number of anilines is 1. The first-order valence-electron chi connectivity index (χ1n) is 5.69. The summed E-state index contributed by atoms with van der Waals surface area (Å²) in [4.78, 5) is 11.5. The summed E-state index contributed by atoms with van der Waals surface area (Å²) in [6.07, 6.45) is 5.99. The molecule has 18 heavy (non-hydrogen) atoms. The minimum atomic E-state index is 0. The highest BCUT2D eigenvalue weighted by atomic mass is 35.5. The molecule has 3 heterocycles. The van der Waals surface area contributed by atoms with Crippen molar-refractivity contribution >= 4 is 41.7 Å². The van der Waals surface area contributed by atoms with Gasteiger partial charge in [-0.1, -0.05) is 0 Å². The van der Waals surface area contributed by atoms with E-state index in [0.717, 1.165) is 29.9 Å². The van der Waals surface area contributed by atoms with Crippen LogP contribution in [0.4, 0.5) is 5.82 Å². The van der Waals surface area contributed by atoms with Crippen LogP contribution in [0.25, 0.3) is 11.0 Å². The summed E-state index contributed by atoms with van der Waals surface area (Å²) in [5.41, 5.74) is 0.886. The highest BCUT2D eigenvalue weighted by molar-refractivity contribution is 5.86. The summed E-state index contributed by atoms with van der Waals surface area (Å²) in [5.74, 6) is 0.917. The van der Waals surface area contributed by atoms with E-state index >= 15 is 0 Å². The number of nitrogens with zero attached hydrogens (tertiary/aromatic N) is 2. The van der Waals surface area contributed by atoms with Gasteiger partial charge in [-0.25, -0.2) is 9.97 Å². The van der Waals surface area contributed by atoms with Gasteiger partial charge in [-0.05, 0) is 25.5 Å². The molecule has 2 aromatic rings. The fourth-order valence-corrected chi connectivity index (χ4v) is 2.16. The number of aromatic nitrogens is 3. The van der Waals surface area contributed by atoms with Crippen LogP contribution < -0.4 is 10.6 Å². The smallest absolute Gasteiger partial charge is 0.142 e. The van der Waals surface area contributed by atoms with E-state index in [1.165, 1.54) is 12.8 Å². The molecule has 3 rings (SSSR count). The minimum absolute atomic E-state index is 0. The van der Waals surface area contributed by atoms with Gasteiger partial charge in [-0.3, -0.25) is 0 Å². The number of hydrogen-bond acceptors (Lipinski definition) is 4. The third-order valence-corrected chi connectivity index (χ3v) is 3.03. The molecule has 1 saturated heterocycles. The zero-order valence-corrected chi connectivity index (χ0v) is 11.5. The van der Waals surface area contributed by atoms with Crippen molar-refractivity contribution in [1.82, 2.24) is 20.3 Å². The first kappa shape index (κ1) is 15.0. The first-order valence-corrected chi connectivity index (χ1v) is 5.69. The number of fused-ring (bicyclic) bond motifs is 1. The molecule has 3 N–H and O–H groups in total. The molecule has 0 radical (unpaired) electrons. The van der Waals surface area contributed by atoms with Gasteiger partial charge in [-0.2, -0.15) is 0 Å². The van der Waals surface area contributed by atoms with E-state index in [-0.39, 0.29) is 24.8 Å². The summed E-state index contributed by atoms with van der Waals surface area (Å²) in [7, 11) is 0. The van der Waals surface area contributed by atoms with Crippen LogP contribution in [0.5, 0.6) is 0 Å². The van der Waals surface area contributed by atoms with E-state index in [2.05, 4.69) is 25.6 Å². The van der Waals surface area contributed by atoms with Crippen molar-refractivity contribution in [2.24, 2.45) is 0 Å². The number of H-pyrrole nitrogens is 1. The third kappa shape index (κ3) is 3.04. The summed E-state index contributed by atoms with van der Waals surface area (Å²) < 4.78 is 0. The Labute approximate surface area is 118 Å². The van der Waals surface area contributed by atoms with Crippen LogP contribution in [-0.4, -0.2) is 34.1 Å². The van der Waals surface area contributed by atoms with Gasteiger partial charge in [0.25, 0.3) is 0 Å². The standard InChI is InChI=1S/C11H15N5.2ClH/c1-2-8(12-4-1)6-14-11-9-3-5-13-10(9)15-7-16-11;;/h3,5,7-8,12H,1-2,4,6H2,(H2,13,14,15,16);2*1H/t8-;;/m0../s1. The summed E-state index contributed by atoms with van der Waals surface area (Å²) in [5, 5.41) is 7.89. The van der Waals surface area contributed by atoms with Crippen molar-refractivity contribution in [3.8, 4) is 0 Å². The van der Waals surface area contributed by atoms with Gasteiger partial charge < -0.3 is 15.6 Å². The van der Waals surface area contributed by atoms with E-state index in [1.807, 2.05) is 12.3 Å².